The number of rotatable bonds is 5. The Morgan fingerprint density at radius 2 is 1.89 bits per heavy atom. The minimum Gasteiger partial charge on any atom is -0.459 e. The Kier molecular flexibility index (Phi) is 6.35. The minimum absolute atomic E-state index is 0.109. The van der Waals surface area contributed by atoms with E-state index in [1.807, 2.05) is 30.3 Å². The van der Waals surface area contributed by atoms with Crippen molar-refractivity contribution in [1.82, 2.24) is 14.9 Å². The fraction of sp³-hybridized carbons (Fsp3) is 0.310. The van der Waals surface area contributed by atoms with Gasteiger partial charge in [0.25, 0.3) is 0 Å². The summed E-state index contributed by atoms with van der Waals surface area (Å²) in [4.78, 5) is 13.6. The Balaban J connectivity index is 1.48. The molecule has 9 heteroatoms. The van der Waals surface area contributed by atoms with Gasteiger partial charge in [-0.05, 0) is 38.1 Å². The number of carbonyl (C=O) groups excluding carboxylic acids is 1. The first-order valence-electron chi connectivity index (χ1n) is 13.0. The van der Waals surface area contributed by atoms with Crippen molar-refractivity contribution in [3.63, 3.8) is 0 Å². The highest BCUT2D eigenvalue weighted by Crippen LogP contribution is 2.40. The number of aryl methyl sites for hydroxylation is 2. The molecule has 3 aliphatic heterocycles. The van der Waals surface area contributed by atoms with Crippen molar-refractivity contribution in [2.45, 2.75) is 54.2 Å². The first-order valence-corrected chi connectivity index (χ1v) is 13.0. The SMILES string of the molecule is C#CCCC1=NN=C(c2ccccc2)NN1C(=O)OCC1=C2C(C)=CC(C)=[N+]2[B-](C)(C)n2c(C)cc(C)c21. The molecule has 1 aromatic heterocycles. The molecule has 0 saturated heterocycles. The van der Waals surface area contributed by atoms with Gasteiger partial charge >= 0.3 is 12.5 Å². The molecule has 0 aliphatic carbocycles. The van der Waals surface area contributed by atoms with E-state index in [0.717, 1.165) is 22.5 Å². The molecule has 2 aromatic rings. The Morgan fingerprint density at radius 3 is 2.61 bits per heavy atom. The third-order valence-corrected chi connectivity index (χ3v) is 7.48. The van der Waals surface area contributed by atoms with Crippen LogP contribution in [0.2, 0.25) is 13.6 Å². The summed E-state index contributed by atoms with van der Waals surface area (Å²) < 4.78 is 10.8. The lowest BCUT2D eigenvalue weighted by molar-refractivity contribution is -0.336. The normalized spacial score (nSPS) is 17.7. The highest BCUT2D eigenvalue weighted by atomic mass is 16.6. The van der Waals surface area contributed by atoms with Crippen LogP contribution in [-0.2, 0) is 4.74 Å². The summed E-state index contributed by atoms with van der Waals surface area (Å²) in [6.07, 6.45) is 6.83. The van der Waals surface area contributed by atoms with Crippen molar-refractivity contribution < 1.29 is 14.0 Å². The van der Waals surface area contributed by atoms with Gasteiger partial charge in [0.15, 0.2) is 17.4 Å². The van der Waals surface area contributed by atoms with Gasteiger partial charge in [-0.3, -0.25) is 5.43 Å². The van der Waals surface area contributed by atoms with Crippen molar-refractivity contribution in [3.8, 4) is 12.3 Å². The number of nitrogens with zero attached hydrogens (tertiary/aromatic N) is 5. The number of allylic oxidation sites excluding steroid dienone is 2. The molecule has 8 nitrogen and oxygen atoms in total. The maximum absolute atomic E-state index is 13.6. The van der Waals surface area contributed by atoms with Crippen molar-refractivity contribution in [3.05, 3.63) is 76.3 Å². The number of nitrogens with one attached hydrogen (secondary N) is 1. The fourth-order valence-electron chi connectivity index (χ4n) is 6.15. The van der Waals surface area contributed by atoms with Gasteiger partial charge in [0, 0.05) is 42.7 Å². The molecule has 0 unspecified atom stereocenters. The van der Waals surface area contributed by atoms with Crippen molar-refractivity contribution in [2.75, 3.05) is 6.61 Å². The molecular weight excluding hydrogens is 475 g/mol. The number of hydrogen-bond donors (Lipinski definition) is 1. The molecule has 1 aromatic carbocycles. The Hall–Kier alpha value is -4.32. The molecule has 0 spiro atoms. The van der Waals surface area contributed by atoms with E-state index in [4.69, 9.17) is 11.2 Å². The first-order chi connectivity index (χ1) is 18.1. The molecule has 3 aliphatic rings. The molecule has 1 N–H and O–H groups in total. The van der Waals surface area contributed by atoms with Crippen molar-refractivity contribution in [1.29, 1.82) is 0 Å². The van der Waals surface area contributed by atoms with Crippen LogP contribution in [0.4, 0.5) is 4.79 Å². The molecular formula is C29H33BN6O2. The highest BCUT2D eigenvalue weighted by Gasteiger charge is 2.45. The summed E-state index contributed by atoms with van der Waals surface area (Å²) in [5.74, 6) is 3.48. The zero-order chi connectivity index (χ0) is 27.2. The second kappa shape index (κ2) is 9.53. The summed E-state index contributed by atoms with van der Waals surface area (Å²) >= 11 is 0. The monoisotopic (exact) mass is 508 g/mol. The summed E-state index contributed by atoms with van der Waals surface area (Å²) in [5, 5.41) is 9.91. The molecule has 0 radical (unpaired) electrons. The molecule has 1 amide bonds. The third kappa shape index (κ3) is 4.06. The van der Waals surface area contributed by atoms with Crippen LogP contribution in [0.1, 0.15) is 49.2 Å². The van der Waals surface area contributed by atoms with Crippen LogP contribution in [0.5, 0.6) is 0 Å². The number of fused-ring (bicyclic) bond motifs is 2. The number of amides is 1. The number of amidine groups is 2. The van der Waals surface area contributed by atoms with Crippen LogP contribution in [0.3, 0.4) is 0 Å². The van der Waals surface area contributed by atoms with Crippen LogP contribution in [0.25, 0.3) is 5.57 Å². The topological polar surface area (TPSA) is 74.2 Å². The first kappa shape index (κ1) is 25.3. The molecule has 5 rings (SSSR count). The molecule has 0 saturated carbocycles. The van der Waals surface area contributed by atoms with E-state index in [2.05, 4.69) is 84.0 Å². The molecule has 0 fully saturated rings. The van der Waals surface area contributed by atoms with E-state index in [-0.39, 0.29) is 6.61 Å². The highest BCUT2D eigenvalue weighted by molar-refractivity contribution is 6.69. The lowest BCUT2D eigenvalue weighted by Crippen LogP contribution is -2.54. The molecule has 0 atom stereocenters. The van der Waals surface area contributed by atoms with E-state index in [1.165, 1.54) is 27.6 Å². The maximum Gasteiger partial charge on any atom is 0.435 e. The van der Waals surface area contributed by atoms with Crippen LogP contribution < -0.4 is 5.43 Å². The predicted octanol–water partition coefficient (Wildman–Crippen LogP) is 4.94. The summed E-state index contributed by atoms with van der Waals surface area (Å²) in [6.45, 7) is 13.2. The Labute approximate surface area is 224 Å². The number of hydrazine groups is 1. The van der Waals surface area contributed by atoms with Gasteiger partial charge in [-0.2, -0.15) is 5.01 Å². The second-order valence-corrected chi connectivity index (χ2v) is 10.6. The van der Waals surface area contributed by atoms with Gasteiger partial charge in [-0.15, -0.1) is 36.2 Å². The smallest absolute Gasteiger partial charge is 0.435 e. The second-order valence-electron chi connectivity index (χ2n) is 10.6. The zero-order valence-corrected chi connectivity index (χ0v) is 22.9. The average Bonchev–Trinajstić information content (AvgIpc) is 3.38. The molecule has 38 heavy (non-hydrogen) atoms. The predicted molar refractivity (Wildman–Crippen MR) is 153 cm³/mol. The van der Waals surface area contributed by atoms with E-state index < -0.39 is 12.5 Å². The molecule has 194 valence electrons. The number of hydrogen-bond acceptors (Lipinski definition) is 5. The number of carbonyl (C=O) groups is 1. The van der Waals surface area contributed by atoms with Gasteiger partial charge in [0.1, 0.15) is 12.3 Å². The number of ether oxygens (including phenoxy) is 1. The minimum atomic E-state index is -1.11. The van der Waals surface area contributed by atoms with Crippen LogP contribution in [0, 0.1) is 26.2 Å². The van der Waals surface area contributed by atoms with Gasteiger partial charge in [0.2, 0.25) is 0 Å². The van der Waals surface area contributed by atoms with E-state index in [9.17, 15) is 4.79 Å². The van der Waals surface area contributed by atoms with Gasteiger partial charge in [-0.1, -0.05) is 30.3 Å². The largest absolute Gasteiger partial charge is 0.459 e. The van der Waals surface area contributed by atoms with Gasteiger partial charge in [-0.25, -0.2) is 4.79 Å². The van der Waals surface area contributed by atoms with E-state index in [1.54, 1.807) is 0 Å². The third-order valence-electron chi connectivity index (χ3n) is 7.48. The quantitative estimate of drug-likeness (QED) is 0.459. The van der Waals surface area contributed by atoms with Gasteiger partial charge in [0.05, 0.1) is 5.57 Å². The maximum atomic E-state index is 13.6. The van der Waals surface area contributed by atoms with Crippen molar-refractivity contribution in [2.24, 2.45) is 10.2 Å². The molecule has 0 bridgehead atoms. The number of benzene rings is 1. The summed E-state index contributed by atoms with van der Waals surface area (Å²) in [7, 11) is 0. The number of aromatic nitrogens is 1. The Morgan fingerprint density at radius 1 is 1.16 bits per heavy atom. The summed E-state index contributed by atoms with van der Waals surface area (Å²) in [5.41, 5.74) is 11.8. The van der Waals surface area contributed by atoms with E-state index in [0.29, 0.717) is 24.5 Å². The molecule has 4 heterocycles. The number of terminal acetylenes is 1. The average molecular weight is 508 g/mol. The fourth-order valence-corrected chi connectivity index (χ4v) is 6.15. The summed E-state index contributed by atoms with van der Waals surface area (Å²) in [6, 6.07) is 11.7. The van der Waals surface area contributed by atoms with Crippen LogP contribution in [-0.4, -0.2) is 50.5 Å². The lowest BCUT2D eigenvalue weighted by atomic mass is 9.48. The van der Waals surface area contributed by atoms with Gasteiger partial charge < -0.3 is 13.7 Å². The lowest BCUT2D eigenvalue weighted by Gasteiger charge is -2.40. The van der Waals surface area contributed by atoms with Crippen molar-refractivity contribution >= 4 is 35.5 Å². The van der Waals surface area contributed by atoms with Crippen LogP contribution in [0.15, 0.2) is 63.9 Å². The standard InChI is InChI=1S/C29H33BN6O2/c1-8-9-15-25-31-32-28(23-13-11-10-12-14-23)33-36(25)29(37)38-18-24-26-19(2)16-21(4)34(26)30(6,7)35-22(5)17-20(3)27(24)35/h1,10-14,16-17H,9,15,18H2,2-7H3,(H,32,33). The van der Waals surface area contributed by atoms with E-state index >= 15 is 0 Å². The Bertz CT molecular complexity index is 1530. The zero-order valence-electron chi connectivity index (χ0n) is 22.9. The van der Waals surface area contributed by atoms with Crippen LogP contribution >= 0.6 is 0 Å².